The zero-order chi connectivity index (χ0) is 28.4. The Morgan fingerprint density at radius 1 is 0.419 bits per heavy atom. The van der Waals surface area contributed by atoms with Gasteiger partial charge >= 0.3 is 0 Å². The lowest BCUT2D eigenvalue weighted by Gasteiger charge is -2.40. The van der Waals surface area contributed by atoms with Crippen LogP contribution in [-0.4, -0.2) is 15.0 Å². The zero-order valence-corrected chi connectivity index (χ0v) is 23.6. The molecule has 5 atom stereocenters. The van der Waals surface area contributed by atoms with E-state index < -0.39 is 0 Å². The molecule has 0 amide bonds. The fourth-order valence-corrected chi connectivity index (χ4v) is 8.22. The molecule has 4 aromatic carbocycles. The second-order valence-corrected chi connectivity index (χ2v) is 11.9. The number of rotatable bonds is 3. The molecule has 0 saturated heterocycles. The van der Waals surface area contributed by atoms with Crippen molar-refractivity contribution in [2.45, 2.75) is 17.3 Å². The SMILES string of the molecule is C1=CC2c3ccccc3C3(c4ccc(-c5nc(-c6ccccc6)nc(-c6ccccc6)n5)cc4C4C=CC=CC43)C2C=C1. The van der Waals surface area contributed by atoms with Crippen LogP contribution in [0.5, 0.6) is 0 Å². The van der Waals surface area contributed by atoms with Crippen LogP contribution in [0.3, 0.4) is 0 Å². The van der Waals surface area contributed by atoms with E-state index in [1.165, 1.54) is 22.3 Å². The first-order valence-electron chi connectivity index (χ1n) is 15.1. The Labute approximate surface area is 251 Å². The maximum absolute atomic E-state index is 5.04. The van der Waals surface area contributed by atoms with Gasteiger partial charge in [-0.3, -0.25) is 0 Å². The third-order valence-corrected chi connectivity index (χ3v) is 9.90. The molecule has 0 bridgehead atoms. The lowest BCUT2D eigenvalue weighted by molar-refractivity contribution is 0.312. The van der Waals surface area contributed by atoms with E-state index in [1.54, 1.807) is 0 Å². The number of hydrogen-bond acceptors (Lipinski definition) is 3. The third-order valence-electron chi connectivity index (χ3n) is 9.90. The molecule has 5 aromatic rings. The molecule has 3 nitrogen and oxygen atoms in total. The van der Waals surface area contributed by atoms with Gasteiger partial charge in [0.05, 0.1) is 0 Å². The maximum Gasteiger partial charge on any atom is 0.164 e. The minimum absolute atomic E-state index is 0.119. The number of allylic oxidation sites excluding steroid dienone is 8. The van der Waals surface area contributed by atoms with Gasteiger partial charge in [0.2, 0.25) is 0 Å². The first kappa shape index (κ1) is 24.4. The molecule has 204 valence electrons. The molecule has 4 aliphatic carbocycles. The summed E-state index contributed by atoms with van der Waals surface area (Å²) in [5.74, 6) is 3.46. The van der Waals surface area contributed by atoms with E-state index in [4.69, 9.17) is 15.0 Å². The smallest absolute Gasteiger partial charge is 0.164 e. The number of hydrogen-bond donors (Lipinski definition) is 0. The molecule has 4 aliphatic rings. The highest BCUT2D eigenvalue weighted by Gasteiger charge is 2.61. The largest absolute Gasteiger partial charge is 0.208 e. The summed E-state index contributed by atoms with van der Waals surface area (Å²) in [7, 11) is 0. The maximum atomic E-state index is 5.04. The number of benzene rings is 4. The molecule has 0 N–H and O–H groups in total. The molecule has 3 heteroatoms. The van der Waals surface area contributed by atoms with Gasteiger partial charge in [-0.15, -0.1) is 0 Å². The van der Waals surface area contributed by atoms with Crippen molar-refractivity contribution in [3.63, 3.8) is 0 Å². The highest BCUT2D eigenvalue weighted by Crippen LogP contribution is 2.67. The molecule has 1 aromatic heterocycles. The van der Waals surface area contributed by atoms with Gasteiger partial charge in [0.25, 0.3) is 0 Å². The molecule has 0 radical (unpaired) electrons. The van der Waals surface area contributed by atoms with Crippen LogP contribution in [0.4, 0.5) is 0 Å². The highest BCUT2D eigenvalue weighted by atomic mass is 15.0. The first-order chi connectivity index (χ1) is 21.3. The summed E-state index contributed by atoms with van der Waals surface area (Å²) in [5.41, 5.74) is 8.61. The Morgan fingerprint density at radius 3 is 1.53 bits per heavy atom. The van der Waals surface area contributed by atoms with Crippen molar-refractivity contribution in [2.75, 3.05) is 0 Å². The normalized spacial score (nSPS) is 25.4. The summed E-state index contributed by atoms with van der Waals surface area (Å²) in [6, 6.07) is 36.5. The Bertz CT molecular complexity index is 1950. The molecule has 43 heavy (non-hydrogen) atoms. The Hall–Kier alpha value is -5.15. The zero-order valence-electron chi connectivity index (χ0n) is 23.6. The van der Waals surface area contributed by atoms with E-state index in [0.29, 0.717) is 35.2 Å². The van der Waals surface area contributed by atoms with Crippen LogP contribution in [0.2, 0.25) is 0 Å². The van der Waals surface area contributed by atoms with Crippen LogP contribution >= 0.6 is 0 Å². The summed E-state index contributed by atoms with van der Waals surface area (Å²) in [6.07, 6.45) is 18.7. The van der Waals surface area contributed by atoms with E-state index in [1.807, 2.05) is 36.4 Å². The minimum Gasteiger partial charge on any atom is -0.208 e. The van der Waals surface area contributed by atoms with Gasteiger partial charge in [-0.1, -0.05) is 146 Å². The predicted molar refractivity (Wildman–Crippen MR) is 172 cm³/mol. The minimum atomic E-state index is -0.119. The lowest BCUT2D eigenvalue weighted by atomic mass is 9.61. The second kappa shape index (κ2) is 9.43. The van der Waals surface area contributed by atoms with Gasteiger partial charge in [0.15, 0.2) is 17.5 Å². The molecular formula is C40H29N3. The topological polar surface area (TPSA) is 38.7 Å². The van der Waals surface area contributed by atoms with E-state index in [0.717, 1.165) is 16.7 Å². The first-order valence-corrected chi connectivity index (χ1v) is 15.1. The Kier molecular flexibility index (Phi) is 5.36. The van der Waals surface area contributed by atoms with Crippen molar-refractivity contribution in [1.82, 2.24) is 15.0 Å². The predicted octanol–water partition coefficient (Wildman–Crippen LogP) is 8.84. The summed E-state index contributed by atoms with van der Waals surface area (Å²) in [5, 5.41) is 0. The van der Waals surface area contributed by atoms with E-state index >= 15 is 0 Å². The molecule has 9 rings (SSSR count). The number of fused-ring (bicyclic) bond motifs is 10. The fraction of sp³-hybridized carbons (Fsp3) is 0.125. The van der Waals surface area contributed by atoms with Gasteiger partial charge in [0.1, 0.15) is 0 Å². The van der Waals surface area contributed by atoms with Crippen molar-refractivity contribution < 1.29 is 0 Å². The Morgan fingerprint density at radius 2 is 0.907 bits per heavy atom. The fourth-order valence-electron chi connectivity index (χ4n) is 8.22. The molecule has 0 aliphatic heterocycles. The van der Waals surface area contributed by atoms with Crippen LogP contribution in [-0.2, 0) is 5.41 Å². The monoisotopic (exact) mass is 551 g/mol. The van der Waals surface area contributed by atoms with Gasteiger partial charge in [-0.25, -0.2) is 15.0 Å². The lowest BCUT2D eigenvalue weighted by Crippen LogP contribution is -2.38. The van der Waals surface area contributed by atoms with Crippen LogP contribution in [0, 0.1) is 11.8 Å². The highest BCUT2D eigenvalue weighted by molar-refractivity contribution is 5.71. The van der Waals surface area contributed by atoms with E-state index in [2.05, 4.69) is 115 Å². The molecule has 1 spiro atoms. The summed E-state index contributed by atoms with van der Waals surface area (Å²) < 4.78 is 0. The summed E-state index contributed by atoms with van der Waals surface area (Å²) >= 11 is 0. The third kappa shape index (κ3) is 3.51. The Balaban J connectivity index is 1.26. The quantitative estimate of drug-likeness (QED) is 0.225. The van der Waals surface area contributed by atoms with Crippen molar-refractivity contribution >= 4 is 0 Å². The van der Waals surface area contributed by atoms with Crippen molar-refractivity contribution in [1.29, 1.82) is 0 Å². The molecule has 0 saturated carbocycles. The second-order valence-electron chi connectivity index (χ2n) is 11.9. The van der Waals surface area contributed by atoms with Crippen LogP contribution in [0.1, 0.15) is 34.1 Å². The van der Waals surface area contributed by atoms with Crippen LogP contribution in [0.15, 0.2) is 152 Å². The molecule has 5 unspecified atom stereocenters. The van der Waals surface area contributed by atoms with E-state index in [-0.39, 0.29) is 11.3 Å². The molecule has 0 fully saturated rings. The van der Waals surface area contributed by atoms with E-state index in [9.17, 15) is 0 Å². The average molecular weight is 552 g/mol. The number of nitrogens with zero attached hydrogens (tertiary/aromatic N) is 3. The standard InChI is InChI=1S/C40H29N3/c1-3-13-26(14-4-1)37-41-38(27-15-5-2-6-16-27)43-39(42-37)28-23-24-36-32(25-28)31-19-9-12-22-35(31)40(36)33-20-10-7-17-29(33)30-18-8-11-21-34(30)40/h1-25,29,31,33,35H. The van der Waals surface area contributed by atoms with Gasteiger partial charge in [-0.05, 0) is 28.3 Å². The number of aromatic nitrogens is 3. The molecule has 1 heterocycles. The van der Waals surface area contributed by atoms with Crippen LogP contribution < -0.4 is 0 Å². The van der Waals surface area contributed by atoms with Gasteiger partial charge in [0, 0.05) is 45.8 Å². The van der Waals surface area contributed by atoms with Gasteiger partial charge < -0.3 is 0 Å². The molecular weight excluding hydrogens is 522 g/mol. The van der Waals surface area contributed by atoms with Crippen LogP contribution in [0.25, 0.3) is 34.2 Å². The van der Waals surface area contributed by atoms with Gasteiger partial charge in [-0.2, -0.15) is 0 Å². The van der Waals surface area contributed by atoms with Crippen molar-refractivity contribution in [2.24, 2.45) is 11.8 Å². The van der Waals surface area contributed by atoms with Crippen molar-refractivity contribution in [3.8, 4) is 34.2 Å². The van der Waals surface area contributed by atoms with Crippen molar-refractivity contribution in [3.05, 3.63) is 174 Å². The average Bonchev–Trinajstić information content (AvgIpc) is 3.56. The summed E-state index contributed by atoms with van der Waals surface area (Å²) in [4.78, 5) is 15.0. The summed E-state index contributed by atoms with van der Waals surface area (Å²) in [6.45, 7) is 0.